The van der Waals surface area contributed by atoms with Gasteiger partial charge < -0.3 is 14.4 Å². The predicted octanol–water partition coefficient (Wildman–Crippen LogP) is 1.80. The molecule has 1 aliphatic heterocycles. The highest BCUT2D eigenvalue weighted by Crippen LogP contribution is 2.24. The molecule has 1 aromatic carbocycles. The van der Waals surface area contributed by atoms with Crippen LogP contribution in [0.1, 0.15) is 25.6 Å². The summed E-state index contributed by atoms with van der Waals surface area (Å²) in [6, 6.07) is 7.79. The fourth-order valence-electron chi connectivity index (χ4n) is 2.36. The lowest BCUT2D eigenvalue weighted by Gasteiger charge is -2.25. The summed E-state index contributed by atoms with van der Waals surface area (Å²) in [6.45, 7) is 6.50. The number of nitrogens with one attached hydrogen (secondary N) is 1. The van der Waals surface area contributed by atoms with E-state index in [1.807, 2.05) is 29.2 Å². The van der Waals surface area contributed by atoms with Gasteiger partial charge in [-0.05, 0) is 23.6 Å². The van der Waals surface area contributed by atoms with E-state index >= 15 is 0 Å². The van der Waals surface area contributed by atoms with Gasteiger partial charge in [0, 0.05) is 13.2 Å². The van der Waals surface area contributed by atoms with Gasteiger partial charge in [0.05, 0.1) is 20.3 Å². The van der Waals surface area contributed by atoms with Crippen molar-refractivity contribution in [3.05, 3.63) is 29.8 Å². The van der Waals surface area contributed by atoms with Crippen LogP contribution >= 0.6 is 0 Å². The summed E-state index contributed by atoms with van der Waals surface area (Å²) in [5.41, 5.74) is 1.06. The molecule has 1 aromatic rings. The fraction of sp³-hybridized carbons (Fsp3) is 0.562. The smallest absolute Gasteiger partial charge is 0.238 e. The molecule has 0 bridgehead atoms. The highest BCUT2D eigenvalue weighted by Gasteiger charge is 2.31. The molecule has 1 fully saturated rings. The average Bonchev–Trinajstić information content (AvgIpc) is 2.85. The number of benzene rings is 1. The normalized spacial score (nSPS) is 18.6. The van der Waals surface area contributed by atoms with Crippen molar-refractivity contribution in [1.29, 1.82) is 0 Å². The maximum atomic E-state index is 12.0. The number of hydrogen-bond donors (Lipinski definition) is 1. The van der Waals surface area contributed by atoms with Crippen molar-refractivity contribution in [3.8, 4) is 5.75 Å². The zero-order valence-corrected chi connectivity index (χ0v) is 13.0. The first-order chi connectivity index (χ1) is 10.1. The Bertz CT molecular complexity index is 459. The number of ether oxygens (including phenoxy) is 2. The first-order valence-corrected chi connectivity index (χ1v) is 7.36. The van der Waals surface area contributed by atoms with Crippen LogP contribution in [0.3, 0.4) is 0 Å². The molecule has 0 aromatic heterocycles. The molecule has 1 N–H and O–H groups in total. The summed E-state index contributed by atoms with van der Waals surface area (Å²) in [4.78, 5) is 13.8. The Morgan fingerprint density at radius 1 is 1.33 bits per heavy atom. The van der Waals surface area contributed by atoms with Crippen LogP contribution in [0, 0.1) is 5.92 Å². The summed E-state index contributed by atoms with van der Waals surface area (Å²) in [7, 11) is 1.64. The van der Waals surface area contributed by atoms with E-state index in [1.54, 1.807) is 7.11 Å². The maximum Gasteiger partial charge on any atom is 0.238 e. The summed E-state index contributed by atoms with van der Waals surface area (Å²) in [5.74, 6) is 1.44. The van der Waals surface area contributed by atoms with Crippen molar-refractivity contribution in [1.82, 2.24) is 10.2 Å². The van der Waals surface area contributed by atoms with Gasteiger partial charge in [-0.2, -0.15) is 0 Å². The first kappa shape index (κ1) is 15.8. The van der Waals surface area contributed by atoms with Crippen LogP contribution < -0.4 is 10.1 Å². The van der Waals surface area contributed by atoms with Crippen molar-refractivity contribution < 1.29 is 14.3 Å². The molecule has 21 heavy (non-hydrogen) atoms. The van der Waals surface area contributed by atoms with E-state index in [2.05, 4.69) is 19.2 Å². The lowest BCUT2D eigenvalue weighted by atomic mass is 10.1. The number of nitrogens with zero attached hydrogens (tertiary/aromatic N) is 1. The molecule has 0 radical (unpaired) electrons. The monoisotopic (exact) mass is 292 g/mol. The van der Waals surface area contributed by atoms with Gasteiger partial charge in [-0.1, -0.05) is 26.0 Å². The maximum absolute atomic E-state index is 12.0. The Morgan fingerprint density at radius 2 is 2.05 bits per heavy atom. The van der Waals surface area contributed by atoms with Crippen LogP contribution in [-0.2, 0) is 9.53 Å². The molecular formula is C16H24N2O3. The fourth-order valence-corrected chi connectivity index (χ4v) is 2.36. The molecule has 2 rings (SSSR count). The number of carbonyl (C=O) groups is 1. The van der Waals surface area contributed by atoms with E-state index in [4.69, 9.17) is 9.47 Å². The lowest BCUT2D eigenvalue weighted by molar-refractivity contribution is -0.128. The Balaban J connectivity index is 1.95. The SMILES string of the molecule is COc1ccc(C2NCC(=O)N2CCOCC(C)C)cc1. The average molecular weight is 292 g/mol. The largest absolute Gasteiger partial charge is 0.497 e. The van der Waals surface area contributed by atoms with Crippen molar-refractivity contribution in [2.45, 2.75) is 20.0 Å². The second kappa shape index (κ2) is 7.43. The Labute approximate surface area is 126 Å². The second-order valence-corrected chi connectivity index (χ2v) is 5.61. The van der Waals surface area contributed by atoms with E-state index in [0.717, 1.165) is 17.9 Å². The van der Waals surface area contributed by atoms with Gasteiger partial charge in [0.1, 0.15) is 11.9 Å². The van der Waals surface area contributed by atoms with Crippen LogP contribution in [0.5, 0.6) is 5.75 Å². The zero-order chi connectivity index (χ0) is 15.2. The molecule has 1 saturated heterocycles. The summed E-state index contributed by atoms with van der Waals surface area (Å²) >= 11 is 0. The minimum absolute atomic E-state index is 0.0777. The summed E-state index contributed by atoms with van der Waals surface area (Å²) in [5, 5.41) is 3.24. The molecule has 5 nitrogen and oxygen atoms in total. The van der Waals surface area contributed by atoms with E-state index < -0.39 is 0 Å². The topological polar surface area (TPSA) is 50.8 Å². The molecule has 116 valence electrons. The minimum atomic E-state index is -0.0777. The van der Waals surface area contributed by atoms with E-state index in [9.17, 15) is 4.79 Å². The third kappa shape index (κ3) is 4.19. The number of rotatable bonds is 7. The Morgan fingerprint density at radius 3 is 2.67 bits per heavy atom. The van der Waals surface area contributed by atoms with Gasteiger partial charge in [0.25, 0.3) is 0 Å². The van der Waals surface area contributed by atoms with Crippen LogP contribution in [0.4, 0.5) is 0 Å². The van der Waals surface area contributed by atoms with Gasteiger partial charge in [-0.3, -0.25) is 10.1 Å². The third-order valence-corrected chi connectivity index (χ3v) is 3.44. The number of carbonyl (C=O) groups excluding carboxylic acids is 1. The molecule has 0 saturated carbocycles. The molecule has 5 heteroatoms. The highest BCUT2D eigenvalue weighted by molar-refractivity contribution is 5.80. The molecule has 1 aliphatic rings. The summed E-state index contributed by atoms with van der Waals surface area (Å²) in [6.07, 6.45) is -0.0777. The van der Waals surface area contributed by atoms with Gasteiger partial charge in [-0.15, -0.1) is 0 Å². The number of methoxy groups -OCH3 is 1. The van der Waals surface area contributed by atoms with Gasteiger partial charge in [0.15, 0.2) is 0 Å². The molecule has 1 heterocycles. The highest BCUT2D eigenvalue weighted by atomic mass is 16.5. The zero-order valence-electron chi connectivity index (χ0n) is 13.0. The quantitative estimate of drug-likeness (QED) is 0.779. The molecule has 0 spiro atoms. The van der Waals surface area contributed by atoms with Crippen molar-refractivity contribution in [2.24, 2.45) is 5.92 Å². The molecule has 1 unspecified atom stereocenters. The van der Waals surface area contributed by atoms with Crippen LogP contribution in [0.2, 0.25) is 0 Å². The van der Waals surface area contributed by atoms with Gasteiger partial charge in [0.2, 0.25) is 5.91 Å². The predicted molar refractivity (Wildman–Crippen MR) is 81.1 cm³/mol. The minimum Gasteiger partial charge on any atom is -0.497 e. The van der Waals surface area contributed by atoms with Crippen LogP contribution in [0.25, 0.3) is 0 Å². The van der Waals surface area contributed by atoms with Crippen LogP contribution in [-0.4, -0.2) is 44.2 Å². The van der Waals surface area contributed by atoms with Crippen molar-refractivity contribution in [2.75, 3.05) is 33.4 Å². The third-order valence-electron chi connectivity index (χ3n) is 3.44. The van der Waals surface area contributed by atoms with E-state index in [-0.39, 0.29) is 12.1 Å². The lowest BCUT2D eigenvalue weighted by Crippen LogP contribution is -2.33. The van der Waals surface area contributed by atoms with Gasteiger partial charge >= 0.3 is 0 Å². The first-order valence-electron chi connectivity index (χ1n) is 7.36. The summed E-state index contributed by atoms with van der Waals surface area (Å²) < 4.78 is 10.7. The second-order valence-electron chi connectivity index (χ2n) is 5.61. The molecular weight excluding hydrogens is 268 g/mol. The molecule has 1 amide bonds. The van der Waals surface area contributed by atoms with Crippen molar-refractivity contribution >= 4 is 5.91 Å². The van der Waals surface area contributed by atoms with E-state index in [1.165, 1.54) is 0 Å². The van der Waals surface area contributed by atoms with Gasteiger partial charge in [-0.25, -0.2) is 0 Å². The Hall–Kier alpha value is -1.59. The Kier molecular flexibility index (Phi) is 5.59. The molecule has 0 aliphatic carbocycles. The standard InChI is InChI=1S/C16H24N2O3/c1-12(2)11-21-9-8-18-15(19)10-17-16(18)13-4-6-14(20-3)7-5-13/h4-7,12,16-17H,8-11H2,1-3H3. The van der Waals surface area contributed by atoms with E-state index in [0.29, 0.717) is 25.6 Å². The molecule has 1 atom stereocenters. The number of hydrogen-bond acceptors (Lipinski definition) is 4. The number of amides is 1. The van der Waals surface area contributed by atoms with Crippen LogP contribution in [0.15, 0.2) is 24.3 Å². The van der Waals surface area contributed by atoms with Crippen molar-refractivity contribution in [3.63, 3.8) is 0 Å².